The van der Waals surface area contributed by atoms with Gasteiger partial charge in [0.05, 0.1) is 24.9 Å². The van der Waals surface area contributed by atoms with Crippen molar-refractivity contribution in [2.24, 2.45) is 0 Å². The number of nitrogens with zero attached hydrogens (tertiary/aromatic N) is 4. The van der Waals surface area contributed by atoms with Crippen molar-refractivity contribution in [1.29, 1.82) is 0 Å². The first kappa shape index (κ1) is 15.9. The Balaban J connectivity index is 1.68. The van der Waals surface area contributed by atoms with Gasteiger partial charge in [-0.05, 0) is 40.5 Å². The van der Waals surface area contributed by atoms with E-state index < -0.39 is 0 Å². The van der Waals surface area contributed by atoms with Crippen LogP contribution in [0.3, 0.4) is 0 Å². The Morgan fingerprint density at radius 3 is 2.32 bits per heavy atom. The lowest BCUT2D eigenvalue weighted by Crippen LogP contribution is -2.48. The smallest absolute Gasteiger partial charge is 0.314 e. The van der Waals surface area contributed by atoms with Crippen LogP contribution < -0.4 is 9.79 Å². The van der Waals surface area contributed by atoms with E-state index in [1.54, 1.807) is 0 Å². The maximum atomic E-state index is 5.69. The molecule has 22 heavy (non-hydrogen) atoms. The van der Waals surface area contributed by atoms with Crippen LogP contribution in [0.4, 0.5) is 5.82 Å². The van der Waals surface area contributed by atoms with E-state index in [1.165, 1.54) is 0 Å². The van der Waals surface area contributed by atoms with Crippen molar-refractivity contribution in [2.45, 2.75) is 51.6 Å². The van der Waals surface area contributed by atoms with E-state index in [9.17, 15) is 0 Å². The molecule has 3 heterocycles. The molecule has 2 saturated heterocycles. The van der Waals surface area contributed by atoms with Crippen LogP contribution in [0.15, 0.2) is 0 Å². The number of morpholine rings is 1. The maximum Gasteiger partial charge on any atom is 0.314 e. The number of aromatic nitrogens is 2. The predicted molar refractivity (Wildman–Crippen MR) is 83.9 cm³/mol. The van der Waals surface area contributed by atoms with Crippen LogP contribution in [0.2, 0.25) is 0 Å². The molecule has 1 aromatic rings. The summed E-state index contributed by atoms with van der Waals surface area (Å²) in [5.74, 6) is 1.17. The van der Waals surface area contributed by atoms with Gasteiger partial charge in [-0.3, -0.25) is 4.89 Å². The Morgan fingerprint density at radius 2 is 1.68 bits per heavy atom. The van der Waals surface area contributed by atoms with Crippen LogP contribution in [0, 0.1) is 0 Å². The van der Waals surface area contributed by atoms with Gasteiger partial charge in [0.15, 0.2) is 0 Å². The Kier molecular flexibility index (Phi) is 4.28. The normalized spacial score (nSPS) is 24.6. The summed E-state index contributed by atoms with van der Waals surface area (Å²) < 4.78 is 13.9. The first-order valence-electron chi connectivity index (χ1n) is 7.70. The highest BCUT2D eigenvalue weighted by molar-refractivity contribution is 6.99. The van der Waals surface area contributed by atoms with Crippen molar-refractivity contribution >= 4 is 17.5 Å². The monoisotopic (exact) mass is 328 g/mol. The zero-order valence-corrected chi connectivity index (χ0v) is 14.5. The molecule has 3 rings (SSSR count). The first-order valence-corrected chi connectivity index (χ1v) is 8.43. The van der Waals surface area contributed by atoms with Gasteiger partial charge in [-0.2, -0.15) is 4.37 Å². The molecule has 2 fully saturated rings. The van der Waals surface area contributed by atoms with Gasteiger partial charge in [0.2, 0.25) is 5.82 Å². The molecule has 7 nitrogen and oxygen atoms in total. The largest absolute Gasteiger partial charge is 0.378 e. The summed E-state index contributed by atoms with van der Waals surface area (Å²) in [6.45, 7) is 11.6. The molecule has 0 aromatic carbocycles. The minimum Gasteiger partial charge on any atom is -0.378 e. The Morgan fingerprint density at radius 1 is 1.05 bits per heavy atom. The van der Waals surface area contributed by atoms with Crippen molar-refractivity contribution in [3.8, 4) is 5.88 Å². The molecule has 0 amide bonds. The standard InChI is InChI=1S/C14H24N4O3S/c1-13(2)5-6-14(3,4)18(13)21-20-12-11(15-22-16-12)17-7-9-19-10-8-17/h5-10H2,1-4H3. The van der Waals surface area contributed by atoms with E-state index in [2.05, 4.69) is 41.3 Å². The molecular formula is C14H24N4O3S. The number of ether oxygens (including phenoxy) is 1. The van der Waals surface area contributed by atoms with Crippen molar-refractivity contribution in [3.05, 3.63) is 0 Å². The summed E-state index contributed by atoms with van der Waals surface area (Å²) >= 11 is 1.14. The van der Waals surface area contributed by atoms with E-state index in [-0.39, 0.29) is 11.1 Å². The van der Waals surface area contributed by atoms with Gasteiger partial charge in [-0.1, -0.05) is 4.99 Å². The molecule has 124 valence electrons. The van der Waals surface area contributed by atoms with Gasteiger partial charge in [-0.25, -0.2) is 0 Å². The average Bonchev–Trinajstić information content (AvgIpc) is 3.02. The molecule has 0 saturated carbocycles. The zero-order valence-electron chi connectivity index (χ0n) is 13.7. The third-order valence-electron chi connectivity index (χ3n) is 4.39. The topological polar surface area (TPSA) is 60.0 Å². The van der Waals surface area contributed by atoms with Crippen molar-refractivity contribution in [1.82, 2.24) is 13.8 Å². The van der Waals surface area contributed by atoms with Gasteiger partial charge < -0.3 is 9.64 Å². The quantitative estimate of drug-likeness (QED) is 0.620. The molecule has 1 aromatic heterocycles. The Bertz CT molecular complexity index is 498. The second-order valence-electron chi connectivity index (χ2n) is 7.07. The number of anilines is 1. The van der Waals surface area contributed by atoms with E-state index in [0.29, 0.717) is 19.1 Å². The summed E-state index contributed by atoms with van der Waals surface area (Å²) in [6.07, 6.45) is 2.13. The molecule has 0 atom stereocenters. The van der Waals surface area contributed by atoms with E-state index >= 15 is 0 Å². The lowest BCUT2D eigenvalue weighted by Gasteiger charge is -2.36. The molecule has 0 unspecified atom stereocenters. The predicted octanol–water partition coefficient (Wildman–Crippen LogP) is 2.25. The minimum absolute atomic E-state index is 0.0634. The first-order chi connectivity index (χ1) is 10.4. The molecule has 0 bridgehead atoms. The maximum absolute atomic E-state index is 5.69. The third-order valence-corrected chi connectivity index (χ3v) is 4.89. The van der Waals surface area contributed by atoms with Gasteiger partial charge in [0, 0.05) is 24.2 Å². The lowest BCUT2D eigenvalue weighted by atomic mass is 10.0. The molecule has 0 spiro atoms. The van der Waals surface area contributed by atoms with Crippen LogP contribution in [0.5, 0.6) is 5.88 Å². The van der Waals surface area contributed by atoms with E-state index in [1.807, 2.05) is 5.06 Å². The number of hydrogen-bond acceptors (Lipinski definition) is 8. The third kappa shape index (κ3) is 3.05. The SMILES string of the molecule is CC1(C)CCC(C)(C)N1OOc1nsnc1N1CCOCC1. The second kappa shape index (κ2) is 5.92. The summed E-state index contributed by atoms with van der Waals surface area (Å²) in [4.78, 5) is 13.4. The van der Waals surface area contributed by atoms with Crippen molar-refractivity contribution in [2.75, 3.05) is 31.2 Å². The fourth-order valence-corrected chi connectivity index (χ4v) is 3.60. The fraction of sp³-hybridized carbons (Fsp3) is 0.857. The number of hydrogen-bond donors (Lipinski definition) is 0. The van der Waals surface area contributed by atoms with Crippen LogP contribution >= 0.6 is 11.7 Å². The second-order valence-corrected chi connectivity index (χ2v) is 7.60. The highest BCUT2D eigenvalue weighted by Gasteiger charge is 2.47. The van der Waals surface area contributed by atoms with Crippen LogP contribution in [0.1, 0.15) is 40.5 Å². The number of hydroxylamine groups is 2. The summed E-state index contributed by atoms with van der Waals surface area (Å²) in [6, 6.07) is 0. The Labute approximate surface area is 135 Å². The van der Waals surface area contributed by atoms with Crippen molar-refractivity contribution < 1.29 is 14.6 Å². The van der Waals surface area contributed by atoms with Gasteiger partial charge in [0.25, 0.3) is 0 Å². The van der Waals surface area contributed by atoms with Crippen LogP contribution in [0.25, 0.3) is 0 Å². The van der Waals surface area contributed by atoms with Crippen molar-refractivity contribution in [3.63, 3.8) is 0 Å². The van der Waals surface area contributed by atoms with Gasteiger partial charge in [0.1, 0.15) is 0 Å². The molecular weight excluding hydrogens is 304 g/mol. The van der Waals surface area contributed by atoms with Gasteiger partial charge >= 0.3 is 5.88 Å². The minimum atomic E-state index is -0.0634. The highest BCUT2D eigenvalue weighted by Crippen LogP contribution is 2.41. The number of rotatable bonds is 4. The highest BCUT2D eigenvalue weighted by atomic mass is 32.1. The molecule has 2 aliphatic rings. The summed E-state index contributed by atoms with van der Waals surface area (Å²) in [5.41, 5.74) is -0.127. The molecule has 0 N–H and O–H groups in total. The summed E-state index contributed by atoms with van der Waals surface area (Å²) in [5, 5.41) is 1.93. The Hall–Kier alpha value is -0.960. The summed E-state index contributed by atoms with van der Waals surface area (Å²) in [7, 11) is 0. The molecule has 0 radical (unpaired) electrons. The zero-order chi connectivity index (χ0) is 15.8. The van der Waals surface area contributed by atoms with E-state index in [0.717, 1.165) is 43.5 Å². The van der Waals surface area contributed by atoms with Gasteiger partial charge in [-0.15, -0.1) is 9.44 Å². The van der Waals surface area contributed by atoms with Crippen LogP contribution in [-0.2, 0) is 9.73 Å². The van der Waals surface area contributed by atoms with E-state index in [4.69, 9.17) is 14.6 Å². The molecule has 8 heteroatoms. The average molecular weight is 328 g/mol. The lowest BCUT2D eigenvalue weighted by molar-refractivity contribution is -0.410. The van der Waals surface area contributed by atoms with Crippen LogP contribution in [-0.4, -0.2) is 51.2 Å². The molecule has 0 aliphatic carbocycles. The molecule has 2 aliphatic heterocycles. The fourth-order valence-electron chi connectivity index (χ4n) is 3.11.